The summed E-state index contributed by atoms with van der Waals surface area (Å²) in [5.41, 5.74) is 3.67. The topological polar surface area (TPSA) is 32.7 Å². The van der Waals surface area contributed by atoms with Crippen molar-refractivity contribution in [2.75, 3.05) is 4.90 Å². The summed E-state index contributed by atoms with van der Waals surface area (Å²) in [6, 6.07) is 27.3. The van der Waals surface area contributed by atoms with Crippen LogP contribution in [0.15, 0.2) is 89.9 Å². The first kappa shape index (κ1) is 16.7. The summed E-state index contributed by atoms with van der Waals surface area (Å²) >= 11 is 0. The molecule has 3 heteroatoms. The van der Waals surface area contributed by atoms with Crippen molar-refractivity contribution in [1.82, 2.24) is 0 Å². The average Bonchev–Trinajstić information content (AvgIpc) is 2.64. The van der Waals surface area contributed by atoms with Crippen LogP contribution in [0.4, 0.5) is 11.4 Å². The molecular formula is C22H20N2O. The first-order valence-electron chi connectivity index (χ1n) is 8.21. The number of benzene rings is 3. The van der Waals surface area contributed by atoms with E-state index in [1.165, 1.54) is 5.56 Å². The Morgan fingerprint density at radius 2 is 1.36 bits per heavy atom. The second-order valence-corrected chi connectivity index (χ2v) is 5.83. The van der Waals surface area contributed by atoms with E-state index in [1.54, 1.807) is 11.8 Å². The number of nitrogens with zero attached hydrogens (tertiary/aromatic N) is 2. The summed E-state index contributed by atoms with van der Waals surface area (Å²) in [4.78, 5) is 18.9. The van der Waals surface area contributed by atoms with Crippen LogP contribution in [-0.2, 0) is 4.79 Å². The van der Waals surface area contributed by atoms with Crippen LogP contribution in [0.25, 0.3) is 0 Å². The lowest BCUT2D eigenvalue weighted by Gasteiger charge is -2.23. The van der Waals surface area contributed by atoms with Gasteiger partial charge in [-0.1, -0.05) is 66.2 Å². The maximum atomic E-state index is 12.4. The second kappa shape index (κ2) is 7.58. The molecule has 0 aliphatic carbocycles. The minimum Gasteiger partial charge on any atom is -0.274 e. The summed E-state index contributed by atoms with van der Waals surface area (Å²) in [5, 5.41) is 0. The first-order valence-corrected chi connectivity index (χ1v) is 8.21. The number of anilines is 1. The summed E-state index contributed by atoms with van der Waals surface area (Å²) in [7, 11) is 0. The highest BCUT2D eigenvalue weighted by molar-refractivity contribution is 6.23. The molecule has 0 N–H and O–H groups in total. The molecule has 0 spiro atoms. The van der Waals surface area contributed by atoms with Gasteiger partial charge in [-0.3, -0.25) is 9.69 Å². The Hall–Kier alpha value is -3.20. The van der Waals surface area contributed by atoms with E-state index < -0.39 is 0 Å². The molecule has 0 aliphatic rings. The molecule has 1 amide bonds. The molecule has 0 fully saturated rings. The Labute approximate surface area is 148 Å². The standard InChI is InChI=1S/C22H20N2O/c1-17-13-15-20(16-14-17)23-22(19-9-5-3-6-10-19)24(18(2)25)21-11-7-4-8-12-21/h3-16H,1-2H3. The van der Waals surface area contributed by atoms with Crippen LogP contribution in [-0.4, -0.2) is 11.7 Å². The van der Waals surface area contributed by atoms with Crippen molar-refractivity contribution in [3.63, 3.8) is 0 Å². The fraction of sp³-hybridized carbons (Fsp3) is 0.0909. The number of para-hydroxylation sites is 1. The third kappa shape index (κ3) is 4.01. The van der Waals surface area contributed by atoms with E-state index >= 15 is 0 Å². The molecule has 124 valence electrons. The monoisotopic (exact) mass is 328 g/mol. The van der Waals surface area contributed by atoms with Crippen LogP contribution in [0.1, 0.15) is 18.1 Å². The zero-order valence-electron chi connectivity index (χ0n) is 14.4. The van der Waals surface area contributed by atoms with Crippen LogP contribution in [0.5, 0.6) is 0 Å². The van der Waals surface area contributed by atoms with Crippen LogP contribution in [0.2, 0.25) is 0 Å². The number of hydrogen-bond acceptors (Lipinski definition) is 2. The predicted octanol–water partition coefficient (Wildman–Crippen LogP) is 5.13. The molecule has 0 saturated heterocycles. The van der Waals surface area contributed by atoms with Crippen molar-refractivity contribution in [1.29, 1.82) is 0 Å². The van der Waals surface area contributed by atoms with Gasteiger partial charge in [-0.2, -0.15) is 0 Å². The van der Waals surface area contributed by atoms with Crippen molar-refractivity contribution in [2.45, 2.75) is 13.8 Å². The molecular weight excluding hydrogens is 308 g/mol. The number of aryl methyl sites for hydroxylation is 1. The molecule has 3 aromatic carbocycles. The van der Waals surface area contributed by atoms with Gasteiger partial charge in [0.2, 0.25) is 5.91 Å². The van der Waals surface area contributed by atoms with Gasteiger partial charge in [0.05, 0.1) is 11.4 Å². The lowest BCUT2D eigenvalue weighted by Crippen LogP contribution is -2.35. The van der Waals surface area contributed by atoms with Crippen molar-refractivity contribution in [3.05, 3.63) is 96.1 Å². The molecule has 3 nitrogen and oxygen atoms in total. The Bertz CT molecular complexity index is 869. The summed E-state index contributed by atoms with van der Waals surface area (Å²) < 4.78 is 0. The number of carbonyl (C=O) groups excluding carboxylic acids is 1. The van der Waals surface area contributed by atoms with Crippen LogP contribution in [0.3, 0.4) is 0 Å². The van der Waals surface area contributed by atoms with E-state index in [4.69, 9.17) is 4.99 Å². The van der Waals surface area contributed by atoms with Gasteiger partial charge in [-0.25, -0.2) is 4.99 Å². The number of hydrogen-bond donors (Lipinski definition) is 0. The molecule has 25 heavy (non-hydrogen) atoms. The zero-order valence-corrected chi connectivity index (χ0v) is 14.4. The lowest BCUT2D eigenvalue weighted by atomic mass is 10.1. The molecule has 0 radical (unpaired) electrons. The Morgan fingerprint density at radius 1 is 0.800 bits per heavy atom. The van der Waals surface area contributed by atoms with Crippen molar-refractivity contribution < 1.29 is 4.79 Å². The Morgan fingerprint density at radius 3 is 1.92 bits per heavy atom. The van der Waals surface area contributed by atoms with Crippen molar-refractivity contribution >= 4 is 23.1 Å². The highest BCUT2D eigenvalue weighted by atomic mass is 16.2. The van der Waals surface area contributed by atoms with Gasteiger partial charge >= 0.3 is 0 Å². The summed E-state index contributed by atoms with van der Waals surface area (Å²) in [6.45, 7) is 3.60. The number of rotatable bonds is 3. The lowest BCUT2D eigenvalue weighted by molar-refractivity contribution is -0.115. The van der Waals surface area contributed by atoms with Gasteiger partial charge in [-0.05, 0) is 31.2 Å². The highest BCUT2D eigenvalue weighted by Crippen LogP contribution is 2.22. The Kier molecular flexibility index (Phi) is 5.05. The molecule has 0 bridgehead atoms. The third-order valence-electron chi connectivity index (χ3n) is 3.84. The molecule has 3 aromatic rings. The van der Waals surface area contributed by atoms with Gasteiger partial charge < -0.3 is 0 Å². The molecule has 0 aliphatic heterocycles. The van der Waals surface area contributed by atoms with E-state index in [0.717, 1.165) is 16.9 Å². The van der Waals surface area contributed by atoms with Gasteiger partial charge in [0.15, 0.2) is 0 Å². The molecule has 0 unspecified atom stereocenters. The minimum absolute atomic E-state index is 0.0825. The number of amidine groups is 1. The largest absolute Gasteiger partial charge is 0.274 e. The maximum Gasteiger partial charge on any atom is 0.229 e. The predicted molar refractivity (Wildman–Crippen MR) is 103 cm³/mol. The van der Waals surface area contributed by atoms with E-state index in [9.17, 15) is 4.79 Å². The minimum atomic E-state index is -0.0825. The fourth-order valence-corrected chi connectivity index (χ4v) is 2.60. The molecule has 0 saturated carbocycles. The van der Waals surface area contributed by atoms with Crippen LogP contribution in [0, 0.1) is 6.92 Å². The molecule has 3 rings (SSSR count). The maximum absolute atomic E-state index is 12.4. The normalized spacial score (nSPS) is 11.2. The van der Waals surface area contributed by atoms with Crippen LogP contribution < -0.4 is 4.90 Å². The van der Waals surface area contributed by atoms with Crippen molar-refractivity contribution in [2.24, 2.45) is 4.99 Å². The van der Waals surface area contributed by atoms with Gasteiger partial charge in [-0.15, -0.1) is 0 Å². The van der Waals surface area contributed by atoms with E-state index in [2.05, 4.69) is 0 Å². The van der Waals surface area contributed by atoms with E-state index in [-0.39, 0.29) is 5.91 Å². The van der Waals surface area contributed by atoms with Crippen LogP contribution >= 0.6 is 0 Å². The van der Waals surface area contributed by atoms with E-state index in [0.29, 0.717) is 5.84 Å². The summed E-state index contributed by atoms with van der Waals surface area (Å²) in [5.74, 6) is 0.532. The third-order valence-corrected chi connectivity index (χ3v) is 3.84. The number of carbonyl (C=O) groups is 1. The van der Waals surface area contributed by atoms with Gasteiger partial charge in [0.1, 0.15) is 5.84 Å². The molecule has 0 atom stereocenters. The first-order chi connectivity index (χ1) is 12.1. The summed E-state index contributed by atoms with van der Waals surface area (Å²) in [6.07, 6.45) is 0. The van der Waals surface area contributed by atoms with E-state index in [1.807, 2.05) is 91.9 Å². The van der Waals surface area contributed by atoms with Crippen molar-refractivity contribution in [3.8, 4) is 0 Å². The van der Waals surface area contributed by atoms with Gasteiger partial charge in [0, 0.05) is 12.5 Å². The SMILES string of the molecule is CC(=O)N(C(=Nc1ccc(C)cc1)c1ccccc1)c1ccccc1. The molecule has 0 aromatic heterocycles. The van der Waals surface area contributed by atoms with Gasteiger partial charge in [0.25, 0.3) is 0 Å². The Balaban J connectivity index is 2.16. The average molecular weight is 328 g/mol. The quantitative estimate of drug-likeness (QED) is 0.485. The second-order valence-electron chi connectivity index (χ2n) is 5.83. The molecule has 0 heterocycles. The highest BCUT2D eigenvalue weighted by Gasteiger charge is 2.19. The number of amides is 1. The number of aliphatic imine (C=N–C) groups is 1. The fourth-order valence-electron chi connectivity index (χ4n) is 2.60. The zero-order chi connectivity index (χ0) is 17.6. The smallest absolute Gasteiger partial charge is 0.229 e.